The fourth-order valence-corrected chi connectivity index (χ4v) is 4.70. The summed E-state index contributed by atoms with van der Waals surface area (Å²) in [5.41, 5.74) is 0. The van der Waals surface area contributed by atoms with E-state index in [0.29, 0.717) is 5.92 Å². The standard InChI is InChI=1S/C24H52O2Si/c1-6-8-9-10-11-12-13-14-15-16-17-18-19-20-21-22-25-27(4,5)26-23-24(3)7-2/h24H,6-23H2,1-5H3. The Morgan fingerprint density at radius 2 is 1.00 bits per heavy atom. The van der Waals surface area contributed by atoms with Gasteiger partial charge >= 0.3 is 8.56 Å². The van der Waals surface area contributed by atoms with E-state index in [9.17, 15) is 0 Å². The van der Waals surface area contributed by atoms with E-state index in [-0.39, 0.29) is 0 Å². The van der Waals surface area contributed by atoms with Crippen molar-refractivity contribution in [2.24, 2.45) is 5.92 Å². The lowest BCUT2D eigenvalue weighted by Crippen LogP contribution is -2.36. The van der Waals surface area contributed by atoms with Crippen LogP contribution in [0.2, 0.25) is 13.1 Å². The molecule has 2 nitrogen and oxygen atoms in total. The van der Waals surface area contributed by atoms with Gasteiger partial charge in [-0.2, -0.15) is 0 Å². The van der Waals surface area contributed by atoms with Gasteiger partial charge < -0.3 is 8.85 Å². The van der Waals surface area contributed by atoms with Crippen LogP contribution in [0.5, 0.6) is 0 Å². The Balaban J connectivity index is 3.24. The highest BCUT2D eigenvalue weighted by Gasteiger charge is 2.24. The Bertz CT molecular complexity index is 294. The predicted octanol–water partition coefficient (Wildman–Crippen LogP) is 8.64. The molecule has 0 spiro atoms. The molecule has 27 heavy (non-hydrogen) atoms. The largest absolute Gasteiger partial charge is 0.395 e. The summed E-state index contributed by atoms with van der Waals surface area (Å²) in [5.74, 6) is 0.645. The Morgan fingerprint density at radius 1 is 0.593 bits per heavy atom. The topological polar surface area (TPSA) is 18.5 Å². The quantitative estimate of drug-likeness (QED) is 0.142. The second-order valence-electron chi connectivity index (χ2n) is 9.02. The third-order valence-corrected chi connectivity index (χ3v) is 7.37. The zero-order valence-corrected chi connectivity index (χ0v) is 20.6. The summed E-state index contributed by atoms with van der Waals surface area (Å²) in [6.07, 6.45) is 22.3. The third kappa shape index (κ3) is 20.7. The molecule has 0 amide bonds. The van der Waals surface area contributed by atoms with Crippen LogP contribution in [-0.4, -0.2) is 21.8 Å². The predicted molar refractivity (Wildman–Crippen MR) is 124 cm³/mol. The van der Waals surface area contributed by atoms with Crippen LogP contribution in [0.4, 0.5) is 0 Å². The van der Waals surface area contributed by atoms with E-state index in [4.69, 9.17) is 8.85 Å². The molecule has 0 radical (unpaired) electrons. The van der Waals surface area contributed by atoms with E-state index in [1.165, 1.54) is 103 Å². The minimum Gasteiger partial charge on any atom is -0.395 e. The zero-order chi connectivity index (χ0) is 20.2. The molecule has 0 N–H and O–H groups in total. The molecule has 0 aromatic carbocycles. The first kappa shape index (κ1) is 27.1. The summed E-state index contributed by atoms with van der Waals surface area (Å²) in [6.45, 7) is 12.9. The number of rotatable bonds is 21. The van der Waals surface area contributed by atoms with Gasteiger partial charge in [-0.1, -0.05) is 117 Å². The van der Waals surface area contributed by atoms with Gasteiger partial charge in [0.15, 0.2) is 0 Å². The van der Waals surface area contributed by atoms with Crippen LogP contribution < -0.4 is 0 Å². The molecule has 0 bridgehead atoms. The highest BCUT2D eigenvalue weighted by molar-refractivity contribution is 6.64. The van der Waals surface area contributed by atoms with Gasteiger partial charge in [0.2, 0.25) is 0 Å². The molecule has 0 saturated carbocycles. The summed E-state index contributed by atoms with van der Waals surface area (Å²) < 4.78 is 12.1. The van der Waals surface area contributed by atoms with Crippen LogP contribution in [0, 0.1) is 5.92 Å². The molecule has 0 saturated heterocycles. The van der Waals surface area contributed by atoms with Crippen LogP contribution in [0.3, 0.4) is 0 Å². The van der Waals surface area contributed by atoms with Crippen molar-refractivity contribution in [2.75, 3.05) is 13.2 Å². The van der Waals surface area contributed by atoms with Crippen LogP contribution in [0.1, 0.15) is 124 Å². The van der Waals surface area contributed by atoms with Gasteiger partial charge in [0.1, 0.15) is 0 Å². The molecule has 0 fully saturated rings. The summed E-state index contributed by atoms with van der Waals surface area (Å²) in [4.78, 5) is 0. The van der Waals surface area contributed by atoms with Crippen molar-refractivity contribution in [3.05, 3.63) is 0 Å². The third-order valence-electron chi connectivity index (χ3n) is 5.61. The van der Waals surface area contributed by atoms with E-state index in [1.807, 2.05) is 0 Å². The summed E-state index contributed by atoms with van der Waals surface area (Å²) in [6, 6.07) is 0. The molecule has 164 valence electrons. The maximum absolute atomic E-state index is 6.05. The van der Waals surface area contributed by atoms with Crippen molar-refractivity contribution in [3.8, 4) is 0 Å². The fraction of sp³-hybridized carbons (Fsp3) is 1.00. The summed E-state index contributed by atoms with van der Waals surface area (Å²) in [7, 11) is -1.89. The molecule has 0 aliphatic rings. The molecule has 0 heterocycles. The average molecular weight is 401 g/mol. The van der Waals surface area contributed by atoms with E-state index in [2.05, 4.69) is 33.9 Å². The molecule has 1 atom stereocenters. The first-order chi connectivity index (χ1) is 13.0. The van der Waals surface area contributed by atoms with Crippen LogP contribution in [0.25, 0.3) is 0 Å². The normalized spacial score (nSPS) is 13.2. The minimum atomic E-state index is -1.89. The molecule has 0 rings (SSSR count). The van der Waals surface area contributed by atoms with Gasteiger partial charge in [-0.25, -0.2) is 0 Å². The molecule has 0 aliphatic carbocycles. The summed E-state index contributed by atoms with van der Waals surface area (Å²) in [5, 5.41) is 0. The second kappa shape index (κ2) is 19.5. The summed E-state index contributed by atoms with van der Waals surface area (Å²) >= 11 is 0. The molecule has 0 aromatic heterocycles. The highest BCUT2D eigenvalue weighted by Crippen LogP contribution is 2.14. The molecule has 3 heteroatoms. The van der Waals surface area contributed by atoms with E-state index in [0.717, 1.165) is 13.2 Å². The van der Waals surface area contributed by atoms with Gasteiger partial charge in [-0.15, -0.1) is 0 Å². The van der Waals surface area contributed by atoms with Crippen molar-refractivity contribution in [1.29, 1.82) is 0 Å². The Labute approximate surface area is 173 Å². The molecule has 0 aromatic rings. The molecule has 0 aliphatic heterocycles. The Kier molecular flexibility index (Phi) is 19.6. The van der Waals surface area contributed by atoms with Gasteiger partial charge in [0, 0.05) is 13.2 Å². The van der Waals surface area contributed by atoms with Crippen LogP contribution in [0.15, 0.2) is 0 Å². The first-order valence-electron chi connectivity index (χ1n) is 12.3. The maximum Gasteiger partial charge on any atom is 0.331 e. The van der Waals surface area contributed by atoms with Gasteiger partial charge in [0.25, 0.3) is 0 Å². The average Bonchev–Trinajstić information content (AvgIpc) is 2.65. The van der Waals surface area contributed by atoms with Crippen molar-refractivity contribution < 1.29 is 8.85 Å². The van der Waals surface area contributed by atoms with E-state index < -0.39 is 8.56 Å². The number of unbranched alkanes of at least 4 members (excludes halogenated alkanes) is 14. The van der Waals surface area contributed by atoms with Crippen molar-refractivity contribution in [1.82, 2.24) is 0 Å². The monoisotopic (exact) mass is 400 g/mol. The second-order valence-corrected chi connectivity index (χ2v) is 12.4. The van der Waals surface area contributed by atoms with Gasteiger partial charge in [-0.05, 0) is 25.4 Å². The van der Waals surface area contributed by atoms with Crippen molar-refractivity contribution in [2.45, 2.75) is 137 Å². The fourth-order valence-electron chi connectivity index (χ4n) is 3.29. The lowest BCUT2D eigenvalue weighted by atomic mass is 10.0. The lowest BCUT2D eigenvalue weighted by molar-refractivity contribution is 0.154. The highest BCUT2D eigenvalue weighted by atomic mass is 28.4. The van der Waals surface area contributed by atoms with Gasteiger partial charge in [0.05, 0.1) is 0 Å². The van der Waals surface area contributed by atoms with Crippen molar-refractivity contribution >= 4 is 8.56 Å². The first-order valence-corrected chi connectivity index (χ1v) is 15.1. The molecular weight excluding hydrogens is 348 g/mol. The van der Waals surface area contributed by atoms with Crippen LogP contribution >= 0.6 is 0 Å². The number of hydrogen-bond acceptors (Lipinski definition) is 2. The number of hydrogen-bond donors (Lipinski definition) is 0. The molecule has 1 unspecified atom stereocenters. The lowest BCUT2D eigenvalue weighted by Gasteiger charge is -2.24. The van der Waals surface area contributed by atoms with E-state index in [1.54, 1.807) is 0 Å². The molecular formula is C24H52O2Si. The Morgan fingerprint density at radius 3 is 1.41 bits per heavy atom. The van der Waals surface area contributed by atoms with Crippen LogP contribution in [-0.2, 0) is 8.85 Å². The van der Waals surface area contributed by atoms with E-state index >= 15 is 0 Å². The maximum atomic E-state index is 6.05. The van der Waals surface area contributed by atoms with Gasteiger partial charge in [-0.3, -0.25) is 0 Å². The SMILES string of the molecule is CCCCCCCCCCCCCCCCCO[Si](C)(C)OCC(C)CC. The minimum absolute atomic E-state index is 0.645. The smallest absolute Gasteiger partial charge is 0.331 e. The van der Waals surface area contributed by atoms with Crippen molar-refractivity contribution in [3.63, 3.8) is 0 Å². The zero-order valence-electron chi connectivity index (χ0n) is 19.6. The Hall–Kier alpha value is 0.137.